The van der Waals surface area contributed by atoms with E-state index in [1.807, 2.05) is 0 Å². The number of carboxylic acids is 1. The predicted molar refractivity (Wildman–Crippen MR) is 62.8 cm³/mol. The van der Waals surface area contributed by atoms with Gasteiger partial charge in [-0.3, -0.25) is 14.9 Å². The van der Waals surface area contributed by atoms with E-state index in [0.717, 1.165) is 13.2 Å². The quantitative estimate of drug-likeness (QED) is 0.380. The molecule has 1 aromatic carbocycles. The van der Waals surface area contributed by atoms with E-state index in [-0.39, 0.29) is 10.6 Å². The molecule has 0 saturated heterocycles. The maximum Gasteiger partial charge on any atom is 0.342 e. The van der Waals surface area contributed by atoms with Gasteiger partial charge in [0.2, 0.25) is 0 Å². The van der Waals surface area contributed by atoms with E-state index in [1.54, 1.807) is 0 Å². The second-order valence-electron chi connectivity index (χ2n) is 3.23. The number of esters is 1. The van der Waals surface area contributed by atoms with E-state index in [4.69, 9.17) is 5.11 Å². The fourth-order valence-electron chi connectivity index (χ4n) is 1.17. The number of rotatable bonds is 5. The van der Waals surface area contributed by atoms with E-state index >= 15 is 0 Å². The van der Waals surface area contributed by atoms with Gasteiger partial charge >= 0.3 is 11.9 Å². The number of nitro groups is 1. The van der Waals surface area contributed by atoms with Gasteiger partial charge in [0.1, 0.15) is 11.4 Å². The second-order valence-corrected chi connectivity index (χ2v) is 4.24. The molecule has 0 aliphatic heterocycles. The first kappa shape index (κ1) is 14.9. The zero-order valence-corrected chi connectivity index (χ0v) is 10.4. The fraction of sp³-hybridized carbons (Fsp3) is 0.200. The zero-order chi connectivity index (χ0) is 14.6. The number of hydrogen-bond donors (Lipinski definition) is 1. The molecule has 0 unspecified atom stereocenters. The summed E-state index contributed by atoms with van der Waals surface area (Å²) >= 11 is 0.696. The summed E-state index contributed by atoms with van der Waals surface area (Å²) in [5.74, 6) is -3.37. The summed E-state index contributed by atoms with van der Waals surface area (Å²) in [7, 11) is 1.15. The van der Waals surface area contributed by atoms with Crippen molar-refractivity contribution in [3.8, 4) is 0 Å². The Bertz CT molecular complexity index is 547. The van der Waals surface area contributed by atoms with E-state index in [2.05, 4.69) is 4.74 Å². The third-order valence-corrected chi connectivity index (χ3v) is 3.05. The Labute approximate surface area is 110 Å². The van der Waals surface area contributed by atoms with Gasteiger partial charge < -0.3 is 9.84 Å². The number of ether oxygens (including phenoxy) is 1. The number of aromatic carboxylic acids is 1. The Morgan fingerprint density at radius 3 is 2.63 bits per heavy atom. The summed E-state index contributed by atoms with van der Waals surface area (Å²) < 4.78 is 17.9. The van der Waals surface area contributed by atoms with Crippen molar-refractivity contribution in [2.45, 2.75) is 4.90 Å². The molecular weight excluding hydrogens is 281 g/mol. The molecule has 19 heavy (non-hydrogen) atoms. The maximum atomic E-state index is 13.5. The van der Waals surface area contributed by atoms with Crippen molar-refractivity contribution in [3.63, 3.8) is 0 Å². The lowest BCUT2D eigenvalue weighted by Gasteiger charge is -2.04. The van der Waals surface area contributed by atoms with Crippen molar-refractivity contribution in [1.29, 1.82) is 0 Å². The van der Waals surface area contributed by atoms with E-state index < -0.39 is 33.9 Å². The van der Waals surface area contributed by atoms with Crippen LogP contribution in [0, 0.1) is 15.9 Å². The van der Waals surface area contributed by atoms with Crippen LogP contribution in [0.25, 0.3) is 0 Å². The highest BCUT2D eigenvalue weighted by Crippen LogP contribution is 2.29. The average Bonchev–Trinajstić information content (AvgIpc) is 2.35. The van der Waals surface area contributed by atoms with Crippen LogP contribution in [0.4, 0.5) is 10.1 Å². The highest BCUT2D eigenvalue weighted by molar-refractivity contribution is 8.00. The van der Waals surface area contributed by atoms with E-state index in [0.29, 0.717) is 17.8 Å². The molecule has 1 rings (SSSR count). The Morgan fingerprint density at radius 1 is 1.53 bits per heavy atom. The first-order valence-electron chi connectivity index (χ1n) is 4.77. The Hall–Kier alpha value is -2.16. The number of nitro benzene ring substituents is 1. The topological polar surface area (TPSA) is 107 Å². The van der Waals surface area contributed by atoms with Crippen LogP contribution < -0.4 is 0 Å². The maximum absolute atomic E-state index is 13.5. The minimum absolute atomic E-state index is 0.173. The normalized spacial score (nSPS) is 10.0. The van der Waals surface area contributed by atoms with Gasteiger partial charge in [0.25, 0.3) is 5.69 Å². The van der Waals surface area contributed by atoms with Gasteiger partial charge in [-0.2, -0.15) is 0 Å². The summed E-state index contributed by atoms with van der Waals surface area (Å²) in [5.41, 5.74) is -1.48. The standard InChI is InChI=1S/C10H8FNO6S/c1-18-9(13)4-19-8-2-5(10(14)15)7(12(16)17)3-6(8)11/h2-3H,4H2,1H3,(H,14,15). The van der Waals surface area contributed by atoms with Crippen molar-refractivity contribution in [2.75, 3.05) is 12.9 Å². The predicted octanol–water partition coefficient (Wildman–Crippen LogP) is 1.70. The van der Waals surface area contributed by atoms with Crippen LogP contribution in [-0.4, -0.2) is 34.8 Å². The van der Waals surface area contributed by atoms with E-state index in [9.17, 15) is 24.1 Å². The lowest BCUT2D eigenvalue weighted by atomic mass is 10.2. The largest absolute Gasteiger partial charge is 0.477 e. The minimum Gasteiger partial charge on any atom is -0.477 e. The number of methoxy groups -OCH3 is 1. The van der Waals surface area contributed by atoms with Gasteiger partial charge in [0, 0.05) is 4.90 Å². The molecular formula is C10H8FNO6S. The van der Waals surface area contributed by atoms with Crippen molar-refractivity contribution < 1.29 is 28.7 Å². The van der Waals surface area contributed by atoms with Crippen LogP contribution in [0.3, 0.4) is 0 Å². The van der Waals surface area contributed by atoms with Gasteiger partial charge in [-0.05, 0) is 6.07 Å². The van der Waals surface area contributed by atoms with Crippen LogP contribution >= 0.6 is 11.8 Å². The molecule has 0 aliphatic carbocycles. The number of halogens is 1. The molecule has 0 fully saturated rings. The minimum atomic E-state index is -1.55. The summed E-state index contributed by atoms with van der Waals surface area (Å²) in [6.45, 7) is 0. The molecule has 9 heteroatoms. The SMILES string of the molecule is COC(=O)CSc1cc(C(=O)O)c([N+](=O)[O-])cc1F. The number of thioether (sulfide) groups is 1. The van der Waals surface area contributed by atoms with Gasteiger partial charge in [-0.15, -0.1) is 11.8 Å². The molecule has 0 aromatic heterocycles. The van der Waals surface area contributed by atoms with Crippen LogP contribution in [0.15, 0.2) is 17.0 Å². The molecule has 0 amide bonds. The summed E-state index contributed by atoms with van der Waals surface area (Å²) in [5, 5.41) is 19.4. The van der Waals surface area contributed by atoms with Crippen LogP contribution in [0.5, 0.6) is 0 Å². The third kappa shape index (κ3) is 3.65. The molecule has 0 radical (unpaired) electrons. The summed E-state index contributed by atoms with van der Waals surface area (Å²) in [6.07, 6.45) is 0. The van der Waals surface area contributed by atoms with Crippen LogP contribution in [0.1, 0.15) is 10.4 Å². The number of nitrogens with zero attached hydrogens (tertiary/aromatic N) is 1. The average molecular weight is 289 g/mol. The molecule has 102 valence electrons. The Morgan fingerprint density at radius 2 is 2.16 bits per heavy atom. The molecule has 7 nitrogen and oxygen atoms in total. The Balaban J connectivity index is 3.14. The first-order chi connectivity index (χ1) is 8.86. The Kier molecular flexibility index (Phi) is 4.81. The smallest absolute Gasteiger partial charge is 0.342 e. The molecule has 0 heterocycles. The van der Waals surface area contributed by atoms with Gasteiger partial charge in [0.15, 0.2) is 0 Å². The van der Waals surface area contributed by atoms with Gasteiger partial charge in [-0.1, -0.05) is 0 Å². The van der Waals surface area contributed by atoms with Crippen LogP contribution in [-0.2, 0) is 9.53 Å². The summed E-state index contributed by atoms with van der Waals surface area (Å²) in [4.78, 5) is 31.2. The molecule has 1 N–H and O–H groups in total. The fourth-order valence-corrected chi connectivity index (χ4v) is 1.96. The molecule has 0 spiro atoms. The number of carbonyl (C=O) groups excluding carboxylic acids is 1. The number of carbonyl (C=O) groups is 2. The van der Waals surface area contributed by atoms with Crippen molar-refractivity contribution in [3.05, 3.63) is 33.6 Å². The van der Waals surface area contributed by atoms with Gasteiger partial charge in [-0.25, -0.2) is 9.18 Å². The monoisotopic (exact) mass is 289 g/mol. The van der Waals surface area contributed by atoms with Gasteiger partial charge in [0.05, 0.1) is 23.9 Å². The highest BCUT2D eigenvalue weighted by Gasteiger charge is 2.23. The number of carboxylic acid groups (broad SMARTS) is 1. The first-order valence-corrected chi connectivity index (χ1v) is 5.76. The zero-order valence-electron chi connectivity index (χ0n) is 9.58. The number of hydrogen-bond acceptors (Lipinski definition) is 6. The third-order valence-electron chi connectivity index (χ3n) is 2.05. The highest BCUT2D eigenvalue weighted by atomic mass is 32.2. The molecule has 1 aromatic rings. The number of benzene rings is 1. The van der Waals surface area contributed by atoms with E-state index in [1.165, 1.54) is 0 Å². The molecule has 0 aliphatic rings. The lowest BCUT2D eigenvalue weighted by Crippen LogP contribution is -2.06. The molecule has 0 bridgehead atoms. The summed E-state index contributed by atoms with van der Waals surface area (Å²) in [6, 6.07) is 1.34. The van der Waals surface area contributed by atoms with Crippen molar-refractivity contribution >= 4 is 29.4 Å². The second kappa shape index (κ2) is 6.14. The molecule has 0 saturated carbocycles. The van der Waals surface area contributed by atoms with Crippen LogP contribution in [0.2, 0.25) is 0 Å². The lowest BCUT2D eigenvalue weighted by molar-refractivity contribution is -0.385. The van der Waals surface area contributed by atoms with Crippen molar-refractivity contribution in [1.82, 2.24) is 0 Å². The molecule has 0 atom stereocenters. The van der Waals surface area contributed by atoms with Crippen molar-refractivity contribution in [2.24, 2.45) is 0 Å².